The molecule has 8 heteroatoms. The second kappa shape index (κ2) is 16.0. The second-order valence-electron chi connectivity index (χ2n) is 17.7. The highest BCUT2D eigenvalue weighted by molar-refractivity contribution is 5.91. The van der Waals surface area contributed by atoms with E-state index < -0.39 is 23.8 Å². The highest BCUT2D eigenvalue weighted by Gasteiger charge is 2.57. The van der Waals surface area contributed by atoms with E-state index in [1.807, 2.05) is 18.6 Å². The van der Waals surface area contributed by atoms with Gasteiger partial charge in [0.25, 0.3) is 0 Å². The Morgan fingerprint density at radius 2 is 1.25 bits per heavy atom. The first-order valence-electron chi connectivity index (χ1n) is 20.2. The zero-order chi connectivity index (χ0) is 37.9. The smallest absolute Gasteiger partial charge is 0.317 e. The van der Waals surface area contributed by atoms with Crippen molar-refractivity contribution in [3.8, 4) is 0 Å². The number of aryl methyl sites for hydroxylation is 2. The summed E-state index contributed by atoms with van der Waals surface area (Å²) in [6.07, 6.45) is 23.1. The van der Waals surface area contributed by atoms with Crippen LogP contribution in [0.4, 0.5) is 0 Å². The molecule has 6 rings (SSSR count). The molecule has 0 bridgehead atoms. The number of carbonyl (C=O) groups excluding carboxylic acids is 3. The number of hydrogen-bond acceptors (Lipinski definition) is 8. The van der Waals surface area contributed by atoms with Crippen LogP contribution in [-0.4, -0.2) is 37.7 Å². The molecule has 0 amide bonds. The predicted octanol–water partition coefficient (Wildman–Crippen LogP) is 10.0. The van der Waals surface area contributed by atoms with Crippen molar-refractivity contribution in [2.75, 3.05) is 19.8 Å². The van der Waals surface area contributed by atoms with Crippen molar-refractivity contribution < 1.29 is 37.4 Å². The lowest BCUT2D eigenvalue weighted by Crippen LogP contribution is -2.54. The standard InChI is InChI=1S/C45H62O8/c1-31-13-19-44(6)36(9-7-11-38(44)42(31,4)20-15-34-17-23-49-26-34)28-51-40(47)25-41(48)52-29-37-10-8-12-39-43(5,21-16-35-18-24-50-27-35)32(2)14-22-45(37,39)30-53-33(3)46/h9-10,17-18,23-24,26-27,31-32,38-39H,7-8,11-16,19-22,25,28-30H2,1-6H3/t31-,32-,38-,39-,42+,43+,44+,45-/m1/s1. The van der Waals surface area contributed by atoms with Gasteiger partial charge in [-0.25, -0.2) is 0 Å². The molecule has 4 aliphatic carbocycles. The van der Waals surface area contributed by atoms with E-state index in [0.29, 0.717) is 17.8 Å². The Kier molecular flexibility index (Phi) is 11.9. The Balaban J connectivity index is 1.07. The molecule has 4 aliphatic rings. The molecule has 0 spiro atoms. The van der Waals surface area contributed by atoms with Crippen molar-refractivity contribution in [2.45, 2.75) is 125 Å². The van der Waals surface area contributed by atoms with Crippen molar-refractivity contribution in [1.29, 1.82) is 0 Å². The lowest BCUT2D eigenvalue weighted by molar-refractivity contribution is -0.157. The Bertz CT molecular complexity index is 1640. The van der Waals surface area contributed by atoms with E-state index in [1.165, 1.54) is 23.6 Å². The maximum Gasteiger partial charge on any atom is 0.317 e. The van der Waals surface area contributed by atoms with Crippen molar-refractivity contribution in [1.82, 2.24) is 0 Å². The van der Waals surface area contributed by atoms with Crippen LogP contribution in [0.1, 0.15) is 123 Å². The number of hydrogen-bond donors (Lipinski definition) is 0. The SMILES string of the molecule is CC(=O)OC[C@@]12CC[C@@H](C)[C@](C)(CCc3ccoc3)[C@H]1CCC=C2COC(=O)CC(=O)OCC1=CCC[C@@H]2[C@@](C)(CCc3ccoc3)[C@H](C)CC[C@@]12C. The summed E-state index contributed by atoms with van der Waals surface area (Å²) in [4.78, 5) is 38.5. The third-order valence-electron chi connectivity index (χ3n) is 15.1. The number of carbonyl (C=O) groups is 3. The third-order valence-corrected chi connectivity index (χ3v) is 15.1. The molecule has 0 aliphatic heterocycles. The summed E-state index contributed by atoms with van der Waals surface area (Å²) in [7, 11) is 0. The van der Waals surface area contributed by atoms with Crippen LogP contribution in [0, 0.1) is 45.3 Å². The molecule has 8 atom stereocenters. The maximum absolute atomic E-state index is 13.2. The minimum absolute atomic E-state index is 0.0138. The highest BCUT2D eigenvalue weighted by atomic mass is 16.6. The monoisotopic (exact) mass is 730 g/mol. The van der Waals surface area contributed by atoms with Gasteiger partial charge < -0.3 is 23.0 Å². The van der Waals surface area contributed by atoms with E-state index >= 15 is 0 Å². The molecule has 0 N–H and O–H groups in total. The molecule has 8 nitrogen and oxygen atoms in total. The van der Waals surface area contributed by atoms with Gasteiger partial charge in [-0.1, -0.05) is 46.8 Å². The van der Waals surface area contributed by atoms with Gasteiger partial charge in [-0.15, -0.1) is 0 Å². The molecule has 53 heavy (non-hydrogen) atoms. The van der Waals surface area contributed by atoms with Gasteiger partial charge in [-0.3, -0.25) is 14.4 Å². The molecule has 0 saturated heterocycles. The first kappa shape index (κ1) is 39.2. The molecule has 0 aromatic carbocycles. The minimum atomic E-state index is -0.590. The van der Waals surface area contributed by atoms with Crippen LogP contribution in [0.2, 0.25) is 0 Å². The summed E-state index contributed by atoms with van der Waals surface area (Å²) < 4.78 is 28.2. The summed E-state index contributed by atoms with van der Waals surface area (Å²) in [6.45, 7) is 13.9. The molecule has 290 valence electrons. The van der Waals surface area contributed by atoms with Gasteiger partial charge in [0.15, 0.2) is 0 Å². The zero-order valence-corrected chi connectivity index (χ0v) is 33.0. The molecule has 0 unspecified atom stereocenters. The van der Waals surface area contributed by atoms with Gasteiger partial charge in [-0.05, 0) is 151 Å². The molecule has 2 heterocycles. The van der Waals surface area contributed by atoms with Gasteiger partial charge >= 0.3 is 17.9 Å². The lowest BCUT2D eigenvalue weighted by Gasteiger charge is -2.59. The molecular weight excluding hydrogens is 668 g/mol. The fourth-order valence-corrected chi connectivity index (χ4v) is 11.3. The summed E-state index contributed by atoms with van der Waals surface area (Å²) in [6, 6.07) is 4.09. The van der Waals surface area contributed by atoms with E-state index in [9.17, 15) is 14.4 Å². The van der Waals surface area contributed by atoms with E-state index in [2.05, 4.69) is 52.8 Å². The molecule has 2 saturated carbocycles. The fourth-order valence-electron chi connectivity index (χ4n) is 11.3. The summed E-state index contributed by atoms with van der Waals surface area (Å²) in [5.74, 6) is 0.348. The van der Waals surface area contributed by atoms with Crippen LogP contribution in [0.3, 0.4) is 0 Å². The summed E-state index contributed by atoms with van der Waals surface area (Å²) in [5.41, 5.74) is 4.28. The van der Waals surface area contributed by atoms with Crippen LogP contribution >= 0.6 is 0 Å². The topological polar surface area (TPSA) is 105 Å². The zero-order valence-electron chi connectivity index (χ0n) is 33.0. The number of allylic oxidation sites excluding steroid dienone is 2. The normalized spacial score (nSPS) is 33.8. The first-order chi connectivity index (χ1) is 25.3. The summed E-state index contributed by atoms with van der Waals surface area (Å²) in [5, 5.41) is 0. The number of rotatable bonds is 14. The predicted molar refractivity (Wildman–Crippen MR) is 202 cm³/mol. The second-order valence-corrected chi connectivity index (χ2v) is 17.7. The van der Waals surface area contributed by atoms with E-state index in [-0.39, 0.29) is 48.0 Å². The number of esters is 3. The molecular formula is C45H62O8. The number of furan rings is 2. The quantitative estimate of drug-likeness (QED) is 0.0819. The first-order valence-corrected chi connectivity index (χ1v) is 20.2. The fraction of sp³-hybridized carbons (Fsp3) is 0.667. The molecule has 2 aromatic rings. The summed E-state index contributed by atoms with van der Waals surface area (Å²) >= 11 is 0. The molecule has 2 fully saturated rings. The Morgan fingerprint density at radius 3 is 1.81 bits per heavy atom. The van der Waals surface area contributed by atoms with Crippen LogP contribution in [0.15, 0.2) is 69.3 Å². The van der Waals surface area contributed by atoms with E-state index in [4.69, 9.17) is 23.0 Å². The Hall–Kier alpha value is -3.55. The van der Waals surface area contributed by atoms with E-state index in [1.54, 1.807) is 12.5 Å². The van der Waals surface area contributed by atoms with Crippen molar-refractivity contribution in [3.05, 3.63) is 71.6 Å². The van der Waals surface area contributed by atoms with Crippen LogP contribution < -0.4 is 0 Å². The minimum Gasteiger partial charge on any atom is -0.472 e. The van der Waals surface area contributed by atoms with Crippen LogP contribution in [0.5, 0.6) is 0 Å². The van der Waals surface area contributed by atoms with E-state index in [0.717, 1.165) is 82.6 Å². The van der Waals surface area contributed by atoms with Crippen molar-refractivity contribution in [2.24, 2.45) is 45.3 Å². The lowest BCUT2D eigenvalue weighted by atomic mass is 9.46. The Labute approximate surface area is 316 Å². The van der Waals surface area contributed by atoms with Gasteiger partial charge in [-0.2, -0.15) is 0 Å². The average molecular weight is 731 g/mol. The van der Waals surface area contributed by atoms with Crippen LogP contribution in [-0.2, 0) is 41.4 Å². The average Bonchev–Trinajstić information content (AvgIpc) is 3.86. The van der Waals surface area contributed by atoms with Gasteiger partial charge in [0, 0.05) is 12.3 Å². The number of fused-ring (bicyclic) bond motifs is 2. The van der Waals surface area contributed by atoms with Crippen molar-refractivity contribution >= 4 is 17.9 Å². The van der Waals surface area contributed by atoms with Gasteiger partial charge in [0.1, 0.15) is 26.2 Å². The van der Waals surface area contributed by atoms with Crippen LogP contribution in [0.25, 0.3) is 0 Å². The molecule has 0 radical (unpaired) electrons. The largest absolute Gasteiger partial charge is 0.472 e. The molecule has 2 aromatic heterocycles. The Morgan fingerprint density at radius 1 is 0.717 bits per heavy atom. The third kappa shape index (κ3) is 7.98. The number of ether oxygens (including phenoxy) is 3. The van der Waals surface area contributed by atoms with Gasteiger partial charge in [0.2, 0.25) is 0 Å². The maximum atomic E-state index is 13.2. The highest BCUT2D eigenvalue weighted by Crippen LogP contribution is 2.63. The van der Waals surface area contributed by atoms with Crippen molar-refractivity contribution in [3.63, 3.8) is 0 Å². The van der Waals surface area contributed by atoms with Gasteiger partial charge in [0.05, 0.1) is 25.1 Å².